The van der Waals surface area contributed by atoms with Crippen molar-refractivity contribution in [3.63, 3.8) is 0 Å². The number of thiol groups is 1. The van der Waals surface area contributed by atoms with Gasteiger partial charge in [-0.05, 0) is 32.7 Å². The Morgan fingerprint density at radius 3 is 2.03 bits per heavy atom. The zero-order chi connectivity index (χ0) is 28.7. The van der Waals surface area contributed by atoms with Crippen LogP contribution in [-0.4, -0.2) is 78.3 Å². The highest BCUT2D eigenvalue weighted by molar-refractivity contribution is 7.80. The van der Waals surface area contributed by atoms with Crippen LogP contribution in [0.3, 0.4) is 0 Å². The topological polar surface area (TPSA) is 229 Å². The molecular weight excluding hydrogens is 514 g/mol. The van der Waals surface area contributed by atoms with E-state index in [4.69, 9.17) is 17.2 Å². The third-order valence-corrected chi connectivity index (χ3v) is 5.71. The molecule has 1 rings (SSSR count). The number of benzene rings is 1. The number of primary amides is 1. The summed E-state index contributed by atoms with van der Waals surface area (Å²) in [5.41, 5.74) is 16.5. The lowest BCUT2D eigenvalue weighted by atomic mass is 10.00. The first-order valence-corrected chi connectivity index (χ1v) is 12.7. The quantitative estimate of drug-likeness (QED) is 0.0596. The summed E-state index contributed by atoms with van der Waals surface area (Å²) in [6.07, 6.45) is 0.781. The van der Waals surface area contributed by atoms with Crippen LogP contribution >= 0.6 is 12.6 Å². The van der Waals surface area contributed by atoms with Gasteiger partial charge < -0.3 is 38.5 Å². The highest BCUT2D eigenvalue weighted by Gasteiger charge is 2.30. The van der Waals surface area contributed by atoms with E-state index in [1.165, 1.54) is 6.92 Å². The van der Waals surface area contributed by atoms with Gasteiger partial charge in [0.15, 0.2) is 5.78 Å². The van der Waals surface area contributed by atoms with Crippen LogP contribution in [-0.2, 0) is 24.0 Å². The van der Waals surface area contributed by atoms with Crippen LogP contribution in [0.25, 0.3) is 0 Å². The summed E-state index contributed by atoms with van der Waals surface area (Å²) in [4.78, 5) is 74.3. The monoisotopic (exact) mass is 551 g/mol. The first-order chi connectivity index (χ1) is 18.0. The van der Waals surface area contributed by atoms with Gasteiger partial charge in [-0.3, -0.25) is 28.8 Å². The van der Waals surface area contributed by atoms with Crippen LogP contribution in [0.15, 0.2) is 30.3 Å². The maximum Gasteiger partial charge on any atom is 0.244 e. The molecular formula is C24H37N7O6S. The third kappa shape index (κ3) is 11.7. The second-order valence-electron chi connectivity index (χ2n) is 8.62. The van der Waals surface area contributed by atoms with Gasteiger partial charge in [0.1, 0.15) is 18.1 Å². The first kappa shape index (κ1) is 32.5. The molecule has 0 unspecified atom stereocenters. The number of ketones is 1. The van der Waals surface area contributed by atoms with Crippen molar-refractivity contribution in [2.75, 3.05) is 18.8 Å². The van der Waals surface area contributed by atoms with Crippen molar-refractivity contribution >= 4 is 47.9 Å². The number of hydrogen-bond donors (Lipinski definition) is 8. The smallest absolute Gasteiger partial charge is 0.244 e. The van der Waals surface area contributed by atoms with Crippen LogP contribution in [0, 0.1) is 0 Å². The van der Waals surface area contributed by atoms with Gasteiger partial charge in [-0.1, -0.05) is 30.3 Å². The molecule has 0 saturated heterocycles. The van der Waals surface area contributed by atoms with Crippen LogP contribution in [0.5, 0.6) is 0 Å². The number of unbranched alkanes of at least 4 members (excludes halogenated alkanes) is 1. The van der Waals surface area contributed by atoms with Crippen LogP contribution in [0.2, 0.25) is 0 Å². The molecule has 14 heteroatoms. The Morgan fingerprint density at radius 1 is 0.868 bits per heavy atom. The lowest BCUT2D eigenvalue weighted by molar-refractivity contribution is -0.132. The molecule has 0 spiro atoms. The molecule has 210 valence electrons. The molecule has 4 atom stereocenters. The van der Waals surface area contributed by atoms with E-state index in [1.54, 1.807) is 30.3 Å². The van der Waals surface area contributed by atoms with Gasteiger partial charge in [0, 0.05) is 11.3 Å². The van der Waals surface area contributed by atoms with Gasteiger partial charge in [-0.2, -0.15) is 12.6 Å². The number of hydrogen-bond acceptors (Lipinski definition) is 9. The Labute approximate surface area is 226 Å². The van der Waals surface area contributed by atoms with Gasteiger partial charge in [-0.15, -0.1) is 0 Å². The fraction of sp³-hybridized carbons (Fsp3) is 0.500. The Morgan fingerprint density at radius 2 is 1.47 bits per heavy atom. The maximum atomic E-state index is 13.1. The predicted octanol–water partition coefficient (Wildman–Crippen LogP) is -2.28. The molecule has 10 N–H and O–H groups in total. The second-order valence-corrected chi connectivity index (χ2v) is 8.98. The SMILES string of the molecule is C[C@H](N)C(=O)NCC(=O)N[C@@H](CS)C(=O)N[C@@H](CCCCN)C(=O)N[C@@H](CC(N)=O)C(=O)c1ccccc1. The summed E-state index contributed by atoms with van der Waals surface area (Å²) in [6.45, 7) is 1.41. The Hall–Kier alpha value is -3.49. The average molecular weight is 552 g/mol. The molecule has 0 saturated carbocycles. The van der Waals surface area contributed by atoms with Crippen molar-refractivity contribution in [3.8, 4) is 0 Å². The van der Waals surface area contributed by atoms with E-state index in [0.29, 0.717) is 19.4 Å². The van der Waals surface area contributed by atoms with Crippen molar-refractivity contribution in [1.82, 2.24) is 21.3 Å². The van der Waals surface area contributed by atoms with Crippen LogP contribution < -0.4 is 38.5 Å². The maximum absolute atomic E-state index is 13.1. The third-order valence-electron chi connectivity index (χ3n) is 5.35. The lowest BCUT2D eigenvalue weighted by Gasteiger charge is -2.24. The number of Topliss-reactive ketones (excluding diaryl/α,β-unsaturated/α-hetero) is 1. The van der Waals surface area contributed by atoms with Gasteiger partial charge in [0.2, 0.25) is 29.5 Å². The molecule has 0 aliphatic carbocycles. The van der Waals surface area contributed by atoms with E-state index in [0.717, 1.165) is 0 Å². The largest absolute Gasteiger partial charge is 0.370 e. The number of nitrogens with two attached hydrogens (primary N) is 3. The molecule has 0 aliphatic rings. The van der Waals surface area contributed by atoms with Gasteiger partial charge in [0.05, 0.1) is 19.0 Å². The molecule has 0 radical (unpaired) electrons. The zero-order valence-corrected chi connectivity index (χ0v) is 22.2. The minimum atomic E-state index is -1.25. The molecule has 0 aromatic heterocycles. The Kier molecular flexibility index (Phi) is 14.6. The summed E-state index contributed by atoms with van der Waals surface area (Å²) < 4.78 is 0. The second kappa shape index (κ2) is 17.1. The van der Waals surface area contributed by atoms with E-state index >= 15 is 0 Å². The van der Waals surface area contributed by atoms with Crippen molar-refractivity contribution in [2.24, 2.45) is 17.2 Å². The zero-order valence-electron chi connectivity index (χ0n) is 21.3. The van der Waals surface area contributed by atoms with E-state index in [9.17, 15) is 28.8 Å². The predicted molar refractivity (Wildman–Crippen MR) is 144 cm³/mol. The average Bonchev–Trinajstić information content (AvgIpc) is 2.88. The minimum absolute atomic E-state index is 0.104. The number of nitrogens with one attached hydrogen (secondary N) is 4. The van der Waals surface area contributed by atoms with E-state index in [1.807, 2.05) is 0 Å². The van der Waals surface area contributed by atoms with Crippen molar-refractivity contribution < 1.29 is 28.8 Å². The summed E-state index contributed by atoms with van der Waals surface area (Å²) in [5.74, 6) is -4.03. The summed E-state index contributed by atoms with van der Waals surface area (Å²) in [7, 11) is 0. The molecule has 38 heavy (non-hydrogen) atoms. The van der Waals surface area contributed by atoms with E-state index in [2.05, 4.69) is 33.9 Å². The fourth-order valence-corrected chi connectivity index (χ4v) is 3.55. The summed E-state index contributed by atoms with van der Waals surface area (Å²) >= 11 is 4.10. The van der Waals surface area contributed by atoms with E-state index < -0.39 is 72.5 Å². The Bertz CT molecular complexity index is 976. The van der Waals surface area contributed by atoms with Crippen molar-refractivity contribution in [1.29, 1.82) is 0 Å². The fourth-order valence-electron chi connectivity index (χ4n) is 3.29. The van der Waals surface area contributed by atoms with E-state index in [-0.39, 0.29) is 17.7 Å². The normalized spacial score (nSPS) is 13.8. The standard InChI is InChI=1S/C24H37N7O6S/c1-14(26)22(35)28-12-20(33)29-18(13-38)24(37)30-16(9-5-6-10-25)23(36)31-17(11-19(27)32)21(34)15-7-3-2-4-8-15/h2-4,7-8,14,16-18,38H,5-6,9-13,25-26H2,1H3,(H2,27,32)(H,28,35)(H,29,33)(H,30,37)(H,31,36)/t14-,16-,17-,18-/m0/s1. The Balaban J connectivity index is 2.96. The molecule has 13 nitrogen and oxygen atoms in total. The highest BCUT2D eigenvalue weighted by atomic mass is 32.1. The van der Waals surface area contributed by atoms with Crippen LogP contribution in [0.1, 0.15) is 43.0 Å². The van der Waals surface area contributed by atoms with Gasteiger partial charge in [0.25, 0.3) is 0 Å². The van der Waals surface area contributed by atoms with Crippen molar-refractivity contribution in [2.45, 2.75) is 56.8 Å². The molecule has 0 fully saturated rings. The van der Waals surface area contributed by atoms with Crippen LogP contribution in [0.4, 0.5) is 0 Å². The number of carbonyl (C=O) groups is 6. The molecule has 5 amide bonds. The van der Waals surface area contributed by atoms with Gasteiger partial charge in [-0.25, -0.2) is 0 Å². The summed E-state index contributed by atoms with van der Waals surface area (Å²) in [6, 6.07) is 3.78. The molecule has 1 aromatic carbocycles. The first-order valence-electron chi connectivity index (χ1n) is 12.1. The molecule has 0 bridgehead atoms. The molecule has 0 heterocycles. The number of amides is 5. The minimum Gasteiger partial charge on any atom is -0.370 e. The lowest BCUT2D eigenvalue weighted by Crippen LogP contribution is -2.57. The van der Waals surface area contributed by atoms with Gasteiger partial charge >= 0.3 is 0 Å². The highest BCUT2D eigenvalue weighted by Crippen LogP contribution is 2.09. The number of rotatable bonds is 17. The molecule has 1 aromatic rings. The van der Waals surface area contributed by atoms with Crippen molar-refractivity contribution in [3.05, 3.63) is 35.9 Å². The molecule has 0 aliphatic heterocycles. The number of carbonyl (C=O) groups excluding carboxylic acids is 6. The summed E-state index contributed by atoms with van der Waals surface area (Å²) in [5, 5.41) is 9.84.